The van der Waals surface area contributed by atoms with E-state index in [4.69, 9.17) is 15.0 Å². The van der Waals surface area contributed by atoms with Gasteiger partial charge in [0, 0.05) is 27.5 Å². The number of hydrogen-bond acceptors (Lipinski definition) is 3. The Bertz CT molecular complexity index is 3230. The van der Waals surface area contributed by atoms with Gasteiger partial charge in [-0.15, -0.1) is 0 Å². The molecule has 0 fully saturated rings. The molecule has 2 heterocycles. The molecule has 0 N–H and O–H groups in total. The van der Waals surface area contributed by atoms with Crippen LogP contribution in [-0.2, 0) is 0 Å². The lowest BCUT2D eigenvalue weighted by Crippen LogP contribution is -2.04. The van der Waals surface area contributed by atoms with Crippen LogP contribution in [0.4, 0.5) is 0 Å². The molecule has 0 bridgehead atoms. The van der Waals surface area contributed by atoms with Gasteiger partial charge in [0.25, 0.3) is 0 Å². The van der Waals surface area contributed by atoms with Crippen LogP contribution in [-0.4, -0.2) is 19.5 Å². The Labute approximate surface area is 330 Å². The Balaban J connectivity index is 1.23. The van der Waals surface area contributed by atoms with Crippen molar-refractivity contribution in [3.8, 4) is 62.1 Å². The van der Waals surface area contributed by atoms with Crippen molar-refractivity contribution in [1.82, 2.24) is 19.5 Å². The third-order valence-corrected chi connectivity index (χ3v) is 11.0. The molecule has 4 heteroatoms. The van der Waals surface area contributed by atoms with Gasteiger partial charge in [0.15, 0.2) is 17.5 Å². The summed E-state index contributed by atoms with van der Waals surface area (Å²) in [5.74, 6) is 1.85. The first-order valence-electron chi connectivity index (χ1n) is 19.3. The minimum atomic E-state index is 0.605. The lowest BCUT2D eigenvalue weighted by molar-refractivity contribution is 1.07. The maximum atomic E-state index is 5.42. The van der Waals surface area contributed by atoms with Crippen LogP contribution < -0.4 is 0 Å². The fourth-order valence-corrected chi connectivity index (χ4v) is 8.36. The minimum Gasteiger partial charge on any atom is -0.308 e. The van der Waals surface area contributed by atoms with Crippen LogP contribution in [0.15, 0.2) is 206 Å². The number of rotatable bonds is 6. The zero-order valence-corrected chi connectivity index (χ0v) is 30.9. The first-order valence-corrected chi connectivity index (χ1v) is 19.3. The molecule has 0 unspecified atom stereocenters. The SMILES string of the molecule is c1ccc(-c2ccc(-c3nc(-c4cc(-c5ccccc5)c5ccccc5c4)nc(-c4cccc5ccccc45)n3)c(-n3c4ccccc4c4ccccc43)c2)cc1. The number of fused-ring (bicyclic) bond motifs is 5. The van der Waals surface area contributed by atoms with Crippen LogP contribution in [0.1, 0.15) is 0 Å². The highest BCUT2D eigenvalue weighted by atomic mass is 15.1. The molecule has 0 atom stereocenters. The second kappa shape index (κ2) is 13.6. The number of aromatic nitrogens is 4. The van der Waals surface area contributed by atoms with E-state index < -0.39 is 0 Å². The zero-order valence-electron chi connectivity index (χ0n) is 30.9. The van der Waals surface area contributed by atoms with E-state index in [1.54, 1.807) is 0 Å². The van der Waals surface area contributed by atoms with E-state index in [1.165, 1.54) is 16.2 Å². The quantitative estimate of drug-likeness (QED) is 0.171. The van der Waals surface area contributed by atoms with Gasteiger partial charge < -0.3 is 4.57 Å². The normalized spacial score (nSPS) is 11.5. The van der Waals surface area contributed by atoms with Gasteiger partial charge in [0.05, 0.1) is 16.7 Å². The average Bonchev–Trinajstić information content (AvgIpc) is 3.63. The third-order valence-electron chi connectivity index (χ3n) is 11.0. The van der Waals surface area contributed by atoms with Gasteiger partial charge in [-0.25, -0.2) is 15.0 Å². The van der Waals surface area contributed by atoms with Crippen molar-refractivity contribution in [3.63, 3.8) is 0 Å². The van der Waals surface area contributed by atoms with E-state index in [9.17, 15) is 0 Å². The summed E-state index contributed by atoms with van der Waals surface area (Å²) >= 11 is 0. The van der Waals surface area contributed by atoms with Crippen molar-refractivity contribution in [2.45, 2.75) is 0 Å². The third kappa shape index (κ3) is 5.66. The largest absolute Gasteiger partial charge is 0.308 e. The molecule has 0 saturated carbocycles. The van der Waals surface area contributed by atoms with Crippen molar-refractivity contribution in [3.05, 3.63) is 206 Å². The van der Waals surface area contributed by atoms with Crippen LogP contribution in [0.2, 0.25) is 0 Å². The van der Waals surface area contributed by atoms with Crippen molar-refractivity contribution in [2.75, 3.05) is 0 Å². The van der Waals surface area contributed by atoms with E-state index in [1.807, 2.05) is 0 Å². The fraction of sp³-hybridized carbons (Fsp3) is 0. The Morgan fingerprint density at radius 3 is 1.51 bits per heavy atom. The van der Waals surface area contributed by atoms with E-state index in [0.29, 0.717) is 17.5 Å². The van der Waals surface area contributed by atoms with Crippen molar-refractivity contribution < 1.29 is 0 Å². The van der Waals surface area contributed by atoms with Gasteiger partial charge in [-0.3, -0.25) is 0 Å². The predicted octanol–water partition coefficient (Wildman–Crippen LogP) is 13.6. The van der Waals surface area contributed by atoms with Crippen LogP contribution in [0.5, 0.6) is 0 Å². The van der Waals surface area contributed by atoms with Crippen molar-refractivity contribution >= 4 is 43.4 Å². The molecule has 0 aliphatic rings. The zero-order chi connectivity index (χ0) is 37.7. The second-order valence-electron chi connectivity index (χ2n) is 14.4. The van der Waals surface area contributed by atoms with Gasteiger partial charge in [-0.1, -0.05) is 170 Å². The molecule has 0 radical (unpaired) electrons. The van der Waals surface area contributed by atoms with Gasteiger partial charge in [0.1, 0.15) is 0 Å². The number of hydrogen-bond donors (Lipinski definition) is 0. The molecule has 0 aliphatic carbocycles. The molecule has 9 aromatic carbocycles. The van der Waals surface area contributed by atoms with E-state index in [2.05, 4.69) is 211 Å². The molecule has 0 amide bonds. The Morgan fingerprint density at radius 2 is 0.807 bits per heavy atom. The summed E-state index contributed by atoms with van der Waals surface area (Å²) < 4.78 is 2.37. The molecule has 266 valence electrons. The predicted molar refractivity (Wildman–Crippen MR) is 236 cm³/mol. The molecule has 0 aliphatic heterocycles. The molecule has 0 spiro atoms. The van der Waals surface area contributed by atoms with Crippen LogP contribution in [0.25, 0.3) is 105 Å². The maximum Gasteiger partial charge on any atom is 0.166 e. The van der Waals surface area contributed by atoms with Crippen molar-refractivity contribution in [2.24, 2.45) is 0 Å². The summed E-state index contributed by atoms with van der Waals surface area (Å²) in [7, 11) is 0. The highest BCUT2D eigenvalue weighted by Crippen LogP contribution is 2.40. The Hall–Kier alpha value is -7.69. The van der Waals surface area contributed by atoms with Gasteiger partial charge in [-0.05, 0) is 80.2 Å². The molecule has 57 heavy (non-hydrogen) atoms. The van der Waals surface area contributed by atoms with Crippen molar-refractivity contribution in [1.29, 1.82) is 0 Å². The first kappa shape index (κ1) is 32.7. The lowest BCUT2D eigenvalue weighted by Gasteiger charge is -2.17. The standard InChI is InChI=1S/C53H34N4/c1-3-16-35(17-4-1)38-30-31-46(50(34-38)57-48-28-13-11-25-43(48)44-26-12-14-29-49(44)57)53-55-51(54-52(56-53)45-27-15-22-36-20-7-9-23-41(36)45)40-32-39-21-8-10-24-42(39)47(33-40)37-18-5-2-6-19-37/h1-34H. The van der Waals surface area contributed by atoms with Crippen LogP contribution in [0, 0.1) is 0 Å². The summed E-state index contributed by atoms with van der Waals surface area (Å²) in [5, 5.41) is 6.92. The first-order chi connectivity index (χ1) is 28.3. The molecular formula is C53H34N4. The summed E-state index contributed by atoms with van der Waals surface area (Å²) in [6, 6.07) is 72.8. The fourth-order valence-electron chi connectivity index (χ4n) is 8.36. The molecule has 11 rings (SSSR count). The average molecular weight is 727 g/mol. The number of para-hydroxylation sites is 2. The molecule has 2 aromatic heterocycles. The molecular weight excluding hydrogens is 693 g/mol. The Kier molecular flexibility index (Phi) is 7.78. The van der Waals surface area contributed by atoms with Gasteiger partial charge >= 0.3 is 0 Å². The number of benzene rings is 9. The molecule has 0 saturated heterocycles. The molecule has 4 nitrogen and oxygen atoms in total. The monoisotopic (exact) mass is 726 g/mol. The molecule has 11 aromatic rings. The van der Waals surface area contributed by atoms with E-state index in [0.717, 1.165) is 71.8 Å². The maximum absolute atomic E-state index is 5.42. The lowest BCUT2D eigenvalue weighted by atomic mass is 9.95. The van der Waals surface area contributed by atoms with Crippen LogP contribution >= 0.6 is 0 Å². The van der Waals surface area contributed by atoms with Crippen LogP contribution in [0.3, 0.4) is 0 Å². The summed E-state index contributed by atoms with van der Waals surface area (Å²) in [6.07, 6.45) is 0. The van der Waals surface area contributed by atoms with E-state index in [-0.39, 0.29) is 0 Å². The highest BCUT2D eigenvalue weighted by Gasteiger charge is 2.21. The topological polar surface area (TPSA) is 43.6 Å². The second-order valence-corrected chi connectivity index (χ2v) is 14.4. The number of nitrogens with zero attached hydrogens (tertiary/aromatic N) is 4. The van der Waals surface area contributed by atoms with Gasteiger partial charge in [-0.2, -0.15) is 0 Å². The summed E-state index contributed by atoms with van der Waals surface area (Å²) in [5.41, 5.74) is 10.6. The van der Waals surface area contributed by atoms with E-state index >= 15 is 0 Å². The minimum absolute atomic E-state index is 0.605. The Morgan fingerprint density at radius 1 is 0.281 bits per heavy atom. The summed E-state index contributed by atoms with van der Waals surface area (Å²) in [6.45, 7) is 0. The summed E-state index contributed by atoms with van der Waals surface area (Å²) in [4.78, 5) is 16.1. The smallest absolute Gasteiger partial charge is 0.166 e. The van der Waals surface area contributed by atoms with Gasteiger partial charge in [0.2, 0.25) is 0 Å². The highest BCUT2D eigenvalue weighted by molar-refractivity contribution is 6.10.